The number of rotatable bonds is 2. The molecule has 0 aliphatic heterocycles. The van der Waals surface area contributed by atoms with Gasteiger partial charge < -0.3 is 5.32 Å². The lowest BCUT2D eigenvalue weighted by Gasteiger charge is -2.08. The number of hydrogen-bond donors (Lipinski definition) is 2. The van der Waals surface area contributed by atoms with Crippen LogP contribution in [0.25, 0.3) is 0 Å². The molecular formula is C10H12FNOS. The molecule has 0 unspecified atom stereocenters. The van der Waals surface area contributed by atoms with Crippen LogP contribution < -0.4 is 5.32 Å². The third kappa shape index (κ3) is 2.73. The molecule has 0 spiro atoms. The number of halogens is 1. The number of carbonyl (C=O) groups is 1. The minimum Gasteiger partial charge on any atom is -0.350 e. The van der Waals surface area contributed by atoms with Crippen LogP contribution in [0.5, 0.6) is 0 Å². The largest absolute Gasteiger partial charge is 0.350 e. The summed E-state index contributed by atoms with van der Waals surface area (Å²) in [5.74, 6) is -0.635. The summed E-state index contributed by atoms with van der Waals surface area (Å²) in [6.07, 6.45) is 0. The molecule has 0 aromatic heterocycles. The van der Waals surface area contributed by atoms with Gasteiger partial charge >= 0.3 is 0 Å². The minimum atomic E-state index is -0.422. The first-order valence-electron chi connectivity index (χ1n) is 4.30. The van der Waals surface area contributed by atoms with Crippen molar-refractivity contribution in [3.05, 3.63) is 29.6 Å². The summed E-state index contributed by atoms with van der Waals surface area (Å²) in [7, 11) is 0. The molecule has 0 saturated carbocycles. The molecule has 0 bridgehead atoms. The molecule has 2 nitrogen and oxygen atoms in total. The van der Waals surface area contributed by atoms with E-state index in [0.29, 0.717) is 5.56 Å². The number of amides is 1. The molecule has 0 fully saturated rings. The molecule has 0 saturated heterocycles. The predicted octanol–water partition coefficient (Wildman–Crippen LogP) is 2.25. The van der Waals surface area contributed by atoms with Gasteiger partial charge in [-0.15, -0.1) is 12.6 Å². The summed E-state index contributed by atoms with van der Waals surface area (Å²) >= 11 is 3.90. The van der Waals surface area contributed by atoms with Crippen molar-refractivity contribution in [2.75, 3.05) is 0 Å². The molecule has 0 atom stereocenters. The first kappa shape index (κ1) is 11.0. The maximum atomic E-state index is 12.8. The van der Waals surface area contributed by atoms with Crippen molar-refractivity contribution in [2.45, 2.75) is 24.8 Å². The third-order valence-electron chi connectivity index (χ3n) is 1.63. The van der Waals surface area contributed by atoms with E-state index in [-0.39, 0.29) is 16.8 Å². The van der Waals surface area contributed by atoms with Crippen LogP contribution in [-0.2, 0) is 0 Å². The van der Waals surface area contributed by atoms with E-state index in [0.717, 1.165) is 0 Å². The molecule has 0 aliphatic rings. The van der Waals surface area contributed by atoms with E-state index in [9.17, 15) is 9.18 Å². The summed E-state index contributed by atoms with van der Waals surface area (Å²) in [5.41, 5.74) is 0.421. The van der Waals surface area contributed by atoms with Gasteiger partial charge in [-0.3, -0.25) is 4.79 Å². The fraction of sp³-hybridized carbons (Fsp3) is 0.300. The Balaban J connectivity index is 2.86. The van der Waals surface area contributed by atoms with Crippen LogP contribution in [0, 0.1) is 5.82 Å². The Hall–Kier alpha value is -1.03. The highest BCUT2D eigenvalue weighted by atomic mass is 32.1. The average Bonchev–Trinajstić information content (AvgIpc) is 2.08. The second-order valence-corrected chi connectivity index (χ2v) is 3.78. The van der Waals surface area contributed by atoms with Gasteiger partial charge in [-0.1, -0.05) is 0 Å². The molecule has 1 amide bonds. The highest BCUT2D eigenvalue weighted by Gasteiger charge is 2.08. The van der Waals surface area contributed by atoms with E-state index in [1.807, 2.05) is 13.8 Å². The van der Waals surface area contributed by atoms with Crippen LogP contribution in [0.2, 0.25) is 0 Å². The molecule has 14 heavy (non-hydrogen) atoms. The van der Waals surface area contributed by atoms with E-state index in [1.165, 1.54) is 18.2 Å². The normalized spacial score (nSPS) is 10.4. The van der Waals surface area contributed by atoms with E-state index in [2.05, 4.69) is 17.9 Å². The third-order valence-corrected chi connectivity index (χ3v) is 1.97. The Kier molecular flexibility index (Phi) is 3.52. The maximum absolute atomic E-state index is 12.8. The van der Waals surface area contributed by atoms with E-state index in [1.54, 1.807) is 0 Å². The first-order chi connectivity index (χ1) is 6.50. The van der Waals surface area contributed by atoms with Crippen molar-refractivity contribution in [3.63, 3.8) is 0 Å². The monoisotopic (exact) mass is 213 g/mol. The number of thiol groups is 1. The van der Waals surface area contributed by atoms with Gasteiger partial charge in [0.2, 0.25) is 0 Å². The SMILES string of the molecule is CC(C)NC(=O)c1ccc(F)c(S)c1. The van der Waals surface area contributed by atoms with Crippen LogP contribution in [0.15, 0.2) is 23.1 Å². The quantitative estimate of drug-likeness (QED) is 0.725. The lowest BCUT2D eigenvalue weighted by atomic mass is 10.2. The van der Waals surface area contributed by atoms with Crippen molar-refractivity contribution in [1.82, 2.24) is 5.32 Å². The van der Waals surface area contributed by atoms with Gasteiger partial charge in [0.25, 0.3) is 5.91 Å². The molecule has 1 aromatic rings. The molecule has 1 N–H and O–H groups in total. The maximum Gasteiger partial charge on any atom is 0.251 e. The van der Waals surface area contributed by atoms with Crippen LogP contribution in [-0.4, -0.2) is 11.9 Å². The fourth-order valence-electron chi connectivity index (χ4n) is 0.999. The summed E-state index contributed by atoms with van der Waals surface area (Å²) in [6.45, 7) is 3.73. The van der Waals surface area contributed by atoms with Gasteiger partial charge in [0.05, 0.1) is 0 Å². The van der Waals surface area contributed by atoms with Crippen molar-refractivity contribution >= 4 is 18.5 Å². The summed E-state index contributed by atoms with van der Waals surface area (Å²) in [4.78, 5) is 11.6. The van der Waals surface area contributed by atoms with Crippen molar-refractivity contribution in [2.24, 2.45) is 0 Å². The Morgan fingerprint density at radius 1 is 1.50 bits per heavy atom. The van der Waals surface area contributed by atoms with Crippen LogP contribution in [0.4, 0.5) is 4.39 Å². The fourth-order valence-corrected chi connectivity index (χ4v) is 1.21. The van der Waals surface area contributed by atoms with Gasteiger partial charge in [-0.2, -0.15) is 0 Å². The average molecular weight is 213 g/mol. The zero-order valence-electron chi connectivity index (χ0n) is 8.04. The standard InChI is InChI=1S/C10H12FNOS/c1-6(2)12-10(13)7-3-4-8(11)9(14)5-7/h3-6,14H,1-2H3,(H,12,13). The van der Waals surface area contributed by atoms with Gasteiger partial charge in [-0.05, 0) is 32.0 Å². The molecule has 1 aromatic carbocycles. The zero-order chi connectivity index (χ0) is 10.7. The number of hydrogen-bond acceptors (Lipinski definition) is 2. The van der Waals surface area contributed by atoms with Crippen LogP contribution in [0.3, 0.4) is 0 Å². The smallest absolute Gasteiger partial charge is 0.251 e. The zero-order valence-corrected chi connectivity index (χ0v) is 8.94. The van der Waals surface area contributed by atoms with E-state index >= 15 is 0 Å². The van der Waals surface area contributed by atoms with Crippen LogP contribution >= 0.6 is 12.6 Å². The van der Waals surface area contributed by atoms with E-state index < -0.39 is 5.82 Å². The summed E-state index contributed by atoms with van der Waals surface area (Å²) in [5, 5.41) is 2.71. The van der Waals surface area contributed by atoms with Crippen LogP contribution in [0.1, 0.15) is 24.2 Å². The van der Waals surface area contributed by atoms with Gasteiger partial charge in [0.15, 0.2) is 0 Å². The highest BCUT2D eigenvalue weighted by molar-refractivity contribution is 7.80. The Bertz CT molecular complexity index is 352. The van der Waals surface area contributed by atoms with Gasteiger partial charge in [0, 0.05) is 16.5 Å². The lowest BCUT2D eigenvalue weighted by molar-refractivity contribution is 0.0943. The molecule has 0 aliphatic carbocycles. The Morgan fingerprint density at radius 3 is 2.64 bits per heavy atom. The predicted molar refractivity (Wildman–Crippen MR) is 56.3 cm³/mol. The molecule has 0 radical (unpaired) electrons. The minimum absolute atomic E-state index is 0.0657. The topological polar surface area (TPSA) is 29.1 Å². The molecular weight excluding hydrogens is 201 g/mol. The number of nitrogens with one attached hydrogen (secondary N) is 1. The van der Waals surface area contributed by atoms with Gasteiger partial charge in [-0.25, -0.2) is 4.39 Å². The second kappa shape index (κ2) is 4.46. The number of benzene rings is 1. The first-order valence-corrected chi connectivity index (χ1v) is 4.75. The van der Waals surface area contributed by atoms with Crippen molar-refractivity contribution in [1.29, 1.82) is 0 Å². The molecule has 4 heteroatoms. The van der Waals surface area contributed by atoms with Crippen molar-refractivity contribution in [3.8, 4) is 0 Å². The summed E-state index contributed by atoms with van der Waals surface area (Å²) in [6, 6.07) is 4.15. The Labute approximate surface area is 87.9 Å². The van der Waals surface area contributed by atoms with E-state index in [4.69, 9.17) is 0 Å². The van der Waals surface area contributed by atoms with Crippen molar-refractivity contribution < 1.29 is 9.18 Å². The van der Waals surface area contributed by atoms with Gasteiger partial charge in [0.1, 0.15) is 5.82 Å². The molecule has 1 rings (SSSR count). The molecule has 76 valence electrons. The molecule has 0 heterocycles. The summed E-state index contributed by atoms with van der Waals surface area (Å²) < 4.78 is 12.8. The Morgan fingerprint density at radius 2 is 2.14 bits per heavy atom. The number of carbonyl (C=O) groups excluding carboxylic acids is 1. The highest BCUT2D eigenvalue weighted by Crippen LogP contribution is 2.14. The lowest BCUT2D eigenvalue weighted by Crippen LogP contribution is -2.30. The second-order valence-electron chi connectivity index (χ2n) is 3.29.